The summed E-state index contributed by atoms with van der Waals surface area (Å²) in [6.07, 6.45) is 3.31. The number of aliphatic imine (C=N–C) groups is 1. The number of aryl methyl sites for hydroxylation is 1. The lowest BCUT2D eigenvalue weighted by atomic mass is 10.1. The monoisotopic (exact) mass is 600 g/mol. The number of hydrazone groups is 1. The molecule has 0 aromatic heterocycles. The second-order valence-corrected chi connectivity index (χ2v) is 10.3. The average molecular weight is 602 g/mol. The third-order valence-electron chi connectivity index (χ3n) is 5.48. The molecule has 2 aromatic carbocycles. The fourth-order valence-corrected chi connectivity index (χ4v) is 5.27. The number of nitrogens with zero attached hydrogens (tertiary/aromatic N) is 3. The summed E-state index contributed by atoms with van der Waals surface area (Å²) in [5.41, 5.74) is 1.95. The Kier molecular flexibility index (Phi) is 9.59. The number of ether oxygens (including phenoxy) is 4. The molecule has 2 aliphatic heterocycles. The van der Waals surface area contributed by atoms with Crippen LogP contribution in [0.1, 0.15) is 30.9 Å². The summed E-state index contributed by atoms with van der Waals surface area (Å²) >= 11 is 4.87. The third kappa shape index (κ3) is 6.83. The van der Waals surface area contributed by atoms with Gasteiger partial charge in [0.25, 0.3) is 5.91 Å². The number of fused-ring (bicyclic) bond motifs is 1. The lowest BCUT2D eigenvalue weighted by Crippen LogP contribution is -2.35. The molecule has 2 heterocycles. The van der Waals surface area contributed by atoms with Crippen LogP contribution in [0.25, 0.3) is 6.08 Å². The van der Waals surface area contributed by atoms with E-state index < -0.39 is 5.91 Å². The maximum absolute atomic E-state index is 12.7. The molecule has 0 bridgehead atoms. The molecule has 38 heavy (non-hydrogen) atoms. The van der Waals surface area contributed by atoms with Gasteiger partial charge in [0, 0.05) is 0 Å². The second-order valence-electron chi connectivity index (χ2n) is 8.42. The van der Waals surface area contributed by atoms with Gasteiger partial charge < -0.3 is 18.9 Å². The van der Waals surface area contributed by atoms with Gasteiger partial charge in [-0.15, -0.1) is 0 Å². The number of thioether (sulfide) groups is 1. The largest absolute Gasteiger partial charge is 0.493 e. The van der Waals surface area contributed by atoms with E-state index in [0.29, 0.717) is 53.1 Å². The van der Waals surface area contributed by atoms with Crippen molar-refractivity contribution in [2.24, 2.45) is 10.1 Å². The normalized spacial score (nSPS) is 15.9. The van der Waals surface area contributed by atoms with Gasteiger partial charge in [0.2, 0.25) is 5.17 Å². The van der Waals surface area contributed by atoms with Crippen LogP contribution in [0, 0.1) is 12.3 Å². The molecule has 0 unspecified atom stereocenters. The number of hydrogen-bond acceptors (Lipinski definition) is 8. The van der Waals surface area contributed by atoms with Gasteiger partial charge in [-0.05, 0) is 88.9 Å². The first-order chi connectivity index (χ1) is 18.4. The van der Waals surface area contributed by atoms with Crippen LogP contribution in [0.2, 0.25) is 0 Å². The number of carbonyl (C=O) groups excluding carboxylic acids is 1. The molecule has 2 aliphatic rings. The number of halogens is 1. The average Bonchev–Trinajstić information content (AvgIpc) is 3.29. The van der Waals surface area contributed by atoms with Gasteiger partial charge in [0.15, 0.2) is 17.3 Å². The molecule has 1 N–H and O–H groups in total. The Morgan fingerprint density at radius 3 is 2.66 bits per heavy atom. The number of amidine groups is 2. The van der Waals surface area contributed by atoms with E-state index in [1.807, 2.05) is 31.2 Å². The number of carbonyl (C=O) groups is 1. The van der Waals surface area contributed by atoms with Crippen molar-refractivity contribution < 1.29 is 23.7 Å². The van der Waals surface area contributed by atoms with E-state index in [2.05, 4.69) is 32.9 Å². The maximum atomic E-state index is 12.7. The third-order valence-corrected chi connectivity index (χ3v) is 7.04. The standard InChI is InChI=1S/C27H29BrN4O5S/c1-4-6-23-31-32-25(29)20(26(33)30-27(32)38-23)14-18-15-21(28)24(22(16-18)34-3)37-12-10-35-9-11-36-19-8-5-7-17(2)13-19/h5,7-8,13-16,29H,4,6,9-12H2,1-3H3/b20-14-,29-25?. The van der Waals surface area contributed by atoms with Crippen LogP contribution >= 0.6 is 27.7 Å². The van der Waals surface area contributed by atoms with Gasteiger partial charge in [-0.1, -0.05) is 19.1 Å². The first-order valence-electron chi connectivity index (χ1n) is 12.2. The predicted octanol–water partition coefficient (Wildman–Crippen LogP) is 5.66. The summed E-state index contributed by atoms with van der Waals surface area (Å²) in [5.74, 6) is 1.34. The van der Waals surface area contributed by atoms with Crippen molar-refractivity contribution in [3.05, 3.63) is 57.6 Å². The van der Waals surface area contributed by atoms with Crippen molar-refractivity contribution in [1.82, 2.24) is 5.01 Å². The van der Waals surface area contributed by atoms with Gasteiger partial charge in [-0.3, -0.25) is 10.2 Å². The van der Waals surface area contributed by atoms with Crippen molar-refractivity contribution in [2.45, 2.75) is 26.7 Å². The second kappa shape index (κ2) is 13.1. The predicted molar refractivity (Wildman–Crippen MR) is 154 cm³/mol. The van der Waals surface area contributed by atoms with Crippen LogP contribution in [0.5, 0.6) is 17.2 Å². The summed E-state index contributed by atoms with van der Waals surface area (Å²) in [6, 6.07) is 11.4. The minimum atomic E-state index is -0.472. The maximum Gasteiger partial charge on any atom is 0.283 e. The van der Waals surface area contributed by atoms with Crippen LogP contribution in [-0.4, -0.2) is 60.5 Å². The molecule has 200 valence electrons. The highest BCUT2D eigenvalue weighted by atomic mass is 79.9. The molecule has 0 aliphatic carbocycles. The summed E-state index contributed by atoms with van der Waals surface area (Å²) in [4.78, 5) is 16.8. The lowest BCUT2D eigenvalue weighted by molar-refractivity contribution is -0.114. The Labute approximate surface area is 234 Å². The summed E-state index contributed by atoms with van der Waals surface area (Å²) in [6.45, 7) is 5.64. The quantitative estimate of drug-likeness (QED) is 0.247. The molecule has 9 nitrogen and oxygen atoms in total. The van der Waals surface area contributed by atoms with E-state index in [9.17, 15) is 4.79 Å². The fraction of sp³-hybridized carbons (Fsp3) is 0.333. The molecule has 0 saturated heterocycles. The number of nitrogens with one attached hydrogen (secondary N) is 1. The molecule has 2 aromatic rings. The van der Waals surface area contributed by atoms with E-state index in [1.165, 1.54) is 16.8 Å². The van der Waals surface area contributed by atoms with Crippen molar-refractivity contribution in [1.29, 1.82) is 5.41 Å². The highest BCUT2D eigenvalue weighted by molar-refractivity contribution is 9.10. The van der Waals surface area contributed by atoms with Crippen molar-refractivity contribution in [3.8, 4) is 17.2 Å². The number of benzene rings is 2. The molecule has 0 spiro atoms. The van der Waals surface area contributed by atoms with Crippen LogP contribution in [0.3, 0.4) is 0 Å². The molecule has 0 saturated carbocycles. The SMILES string of the molecule is CCCC1=NN2C(=N)/C(=C/c3cc(Br)c(OCCOCCOc4cccc(C)c4)c(OC)c3)C(=O)N=C2S1. The van der Waals surface area contributed by atoms with Gasteiger partial charge in [-0.25, -0.2) is 0 Å². The Hall–Kier alpha value is -3.15. The molecule has 4 rings (SSSR count). The molecular formula is C27H29BrN4O5S. The van der Waals surface area contributed by atoms with Crippen LogP contribution in [0.15, 0.2) is 56.5 Å². The Morgan fingerprint density at radius 1 is 1.13 bits per heavy atom. The van der Waals surface area contributed by atoms with Crippen LogP contribution in [-0.2, 0) is 9.53 Å². The zero-order valence-electron chi connectivity index (χ0n) is 21.5. The van der Waals surface area contributed by atoms with Crippen molar-refractivity contribution >= 4 is 55.7 Å². The smallest absolute Gasteiger partial charge is 0.283 e. The summed E-state index contributed by atoms with van der Waals surface area (Å²) in [5, 5.41) is 15.7. The number of rotatable bonds is 12. The topological polar surface area (TPSA) is 106 Å². The molecule has 0 atom stereocenters. The Bertz CT molecular complexity index is 1310. The minimum absolute atomic E-state index is 0.00227. The van der Waals surface area contributed by atoms with Gasteiger partial charge in [-0.2, -0.15) is 15.1 Å². The Morgan fingerprint density at radius 2 is 1.92 bits per heavy atom. The first kappa shape index (κ1) is 27.9. The zero-order valence-corrected chi connectivity index (χ0v) is 23.9. The fourth-order valence-electron chi connectivity index (χ4n) is 3.70. The van der Waals surface area contributed by atoms with E-state index in [0.717, 1.165) is 29.2 Å². The zero-order chi connectivity index (χ0) is 27.1. The molecule has 11 heteroatoms. The lowest BCUT2D eigenvalue weighted by Gasteiger charge is -2.20. The highest BCUT2D eigenvalue weighted by Crippen LogP contribution is 2.38. The first-order valence-corrected chi connectivity index (χ1v) is 13.8. The molecule has 0 radical (unpaired) electrons. The van der Waals surface area contributed by atoms with E-state index in [1.54, 1.807) is 25.3 Å². The van der Waals surface area contributed by atoms with Gasteiger partial charge in [0.05, 0.1) is 30.4 Å². The van der Waals surface area contributed by atoms with Gasteiger partial charge in [0.1, 0.15) is 24.0 Å². The number of hydrogen-bond donors (Lipinski definition) is 1. The molecule has 0 fully saturated rings. The van der Waals surface area contributed by atoms with E-state index in [-0.39, 0.29) is 11.4 Å². The van der Waals surface area contributed by atoms with E-state index >= 15 is 0 Å². The minimum Gasteiger partial charge on any atom is -0.493 e. The van der Waals surface area contributed by atoms with Crippen molar-refractivity contribution in [3.63, 3.8) is 0 Å². The van der Waals surface area contributed by atoms with Crippen LogP contribution in [0.4, 0.5) is 0 Å². The molecular weight excluding hydrogens is 572 g/mol. The highest BCUT2D eigenvalue weighted by Gasteiger charge is 2.35. The summed E-state index contributed by atoms with van der Waals surface area (Å²) in [7, 11) is 1.54. The number of amides is 1. The Balaban J connectivity index is 1.34. The van der Waals surface area contributed by atoms with Crippen molar-refractivity contribution in [2.75, 3.05) is 33.5 Å². The van der Waals surface area contributed by atoms with Crippen LogP contribution < -0.4 is 14.2 Å². The van der Waals surface area contributed by atoms with Gasteiger partial charge >= 0.3 is 0 Å². The number of methoxy groups -OCH3 is 1. The summed E-state index contributed by atoms with van der Waals surface area (Å²) < 4.78 is 23.4. The van der Waals surface area contributed by atoms with E-state index in [4.69, 9.17) is 24.4 Å². The molecule has 1 amide bonds.